The van der Waals surface area contributed by atoms with Gasteiger partial charge in [0.15, 0.2) is 0 Å². The van der Waals surface area contributed by atoms with Gasteiger partial charge in [-0.15, -0.1) is 0 Å². The predicted molar refractivity (Wildman–Crippen MR) is 65.4 cm³/mol. The molecule has 0 spiro atoms. The monoisotopic (exact) mass is 228 g/mol. The zero-order valence-corrected chi connectivity index (χ0v) is 9.38. The number of aliphatic carboxylic acids is 1. The number of carboxylic acids is 1. The summed E-state index contributed by atoms with van der Waals surface area (Å²) in [6.07, 6.45) is 2.82. The molecule has 3 heteroatoms. The number of hydrogen-bond acceptors (Lipinski definition) is 2. The van der Waals surface area contributed by atoms with Crippen LogP contribution in [0.25, 0.3) is 16.9 Å². The molecule has 0 fully saturated rings. The van der Waals surface area contributed by atoms with Crippen LogP contribution in [-0.2, 0) is 4.79 Å². The van der Waals surface area contributed by atoms with Crippen molar-refractivity contribution in [2.45, 2.75) is 6.92 Å². The molecule has 0 radical (unpaired) electrons. The average Bonchev–Trinajstić information content (AvgIpc) is 2.82. The van der Waals surface area contributed by atoms with Gasteiger partial charge < -0.3 is 9.52 Å². The van der Waals surface area contributed by atoms with E-state index in [4.69, 9.17) is 9.52 Å². The zero-order chi connectivity index (χ0) is 12.3. The first-order valence-corrected chi connectivity index (χ1v) is 5.22. The summed E-state index contributed by atoms with van der Waals surface area (Å²) >= 11 is 0. The lowest BCUT2D eigenvalue weighted by Gasteiger charge is -2.02. The van der Waals surface area contributed by atoms with Crippen molar-refractivity contribution in [2.75, 3.05) is 0 Å². The van der Waals surface area contributed by atoms with Crippen molar-refractivity contribution in [1.29, 1.82) is 0 Å². The molecule has 0 unspecified atom stereocenters. The fourth-order valence-corrected chi connectivity index (χ4v) is 1.61. The molecule has 0 aliphatic carbocycles. The van der Waals surface area contributed by atoms with Crippen LogP contribution < -0.4 is 0 Å². The lowest BCUT2D eigenvalue weighted by Crippen LogP contribution is -1.89. The van der Waals surface area contributed by atoms with Crippen LogP contribution in [0.5, 0.6) is 0 Å². The quantitative estimate of drug-likeness (QED) is 0.819. The van der Waals surface area contributed by atoms with Crippen molar-refractivity contribution in [1.82, 2.24) is 0 Å². The summed E-state index contributed by atoms with van der Waals surface area (Å²) in [5.41, 5.74) is 2.59. The standard InChI is InChI=1S/C14H12O3/c1-10(9-14(15)16)11-4-6-12(7-5-11)13-3-2-8-17-13/h2-9H,1H3,(H,15,16). The Morgan fingerprint density at radius 2 is 1.94 bits per heavy atom. The second kappa shape index (κ2) is 4.70. The van der Waals surface area contributed by atoms with Crippen LogP contribution in [0.3, 0.4) is 0 Å². The molecule has 0 atom stereocenters. The fourth-order valence-electron chi connectivity index (χ4n) is 1.61. The third kappa shape index (κ3) is 2.64. The lowest BCUT2D eigenvalue weighted by atomic mass is 10.0. The molecule has 17 heavy (non-hydrogen) atoms. The molecule has 2 rings (SSSR count). The Morgan fingerprint density at radius 3 is 2.47 bits per heavy atom. The van der Waals surface area contributed by atoms with E-state index in [0.717, 1.165) is 22.5 Å². The van der Waals surface area contributed by atoms with Gasteiger partial charge in [0, 0.05) is 11.6 Å². The highest BCUT2D eigenvalue weighted by molar-refractivity contribution is 5.89. The third-order valence-corrected chi connectivity index (χ3v) is 2.49. The summed E-state index contributed by atoms with van der Waals surface area (Å²) in [4.78, 5) is 10.5. The molecular formula is C14H12O3. The van der Waals surface area contributed by atoms with Crippen LogP contribution in [0.15, 0.2) is 53.2 Å². The SMILES string of the molecule is CC(=CC(=O)O)c1ccc(-c2ccco2)cc1. The highest BCUT2D eigenvalue weighted by Gasteiger charge is 2.02. The highest BCUT2D eigenvalue weighted by atomic mass is 16.4. The van der Waals surface area contributed by atoms with Crippen LogP contribution >= 0.6 is 0 Å². The maximum absolute atomic E-state index is 10.5. The molecule has 1 N–H and O–H groups in total. The van der Waals surface area contributed by atoms with Gasteiger partial charge in [0.2, 0.25) is 0 Å². The molecule has 1 aromatic heterocycles. The molecule has 0 saturated carbocycles. The molecule has 0 saturated heterocycles. The van der Waals surface area contributed by atoms with E-state index in [2.05, 4.69) is 0 Å². The number of allylic oxidation sites excluding steroid dienone is 1. The van der Waals surface area contributed by atoms with Crippen molar-refractivity contribution < 1.29 is 14.3 Å². The topological polar surface area (TPSA) is 50.4 Å². The zero-order valence-electron chi connectivity index (χ0n) is 9.38. The highest BCUT2D eigenvalue weighted by Crippen LogP contribution is 2.22. The van der Waals surface area contributed by atoms with Crippen molar-refractivity contribution in [2.24, 2.45) is 0 Å². The van der Waals surface area contributed by atoms with Crippen molar-refractivity contribution in [3.05, 3.63) is 54.3 Å². The maximum atomic E-state index is 10.5. The number of hydrogen-bond donors (Lipinski definition) is 1. The minimum Gasteiger partial charge on any atom is -0.478 e. The Hall–Kier alpha value is -2.29. The van der Waals surface area contributed by atoms with Gasteiger partial charge in [0.25, 0.3) is 0 Å². The smallest absolute Gasteiger partial charge is 0.328 e. The summed E-state index contributed by atoms with van der Waals surface area (Å²) in [5, 5.41) is 8.66. The van der Waals surface area contributed by atoms with Crippen molar-refractivity contribution in [3.8, 4) is 11.3 Å². The Morgan fingerprint density at radius 1 is 1.24 bits per heavy atom. The van der Waals surface area contributed by atoms with E-state index < -0.39 is 5.97 Å². The van der Waals surface area contributed by atoms with E-state index in [0.29, 0.717) is 0 Å². The minimum absolute atomic E-state index is 0.725. The first kappa shape index (κ1) is 11.2. The molecule has 3 nitrogen and oxygen atoms in total. The van der Waals surface area contributed by atoms with Gasteiger partial charge in [-0.1, -0.05) is 24.3 Å². The molecular weight excluding hydrogens is 216 g/mol. The Labute approximate surface area is 99.0 Å². The summed E-state index contributed by atoms with van der Waals surface area (Å²) in [7, 11) is 0. The second-order valence-corrected chi connectivity index (χ2v) is 3.72. The second-order valence-electron chi connectivity index (χ2n) is 3.72. The van der Waals surface area contributed by atoms with Crippen LogP contribution in [0.1, 0.15) is 12.5 Å². The first-order chi connectivity index (χ1) is 8.16. The van der Waals surface area contributed by atoms with Gasteiger partial charge >= 0.3 is 5.97 Å². The van der Waals surface area contributed by atoms with Crippen LogP contribution in [0.4, 0.5) is 0 Å². The van der Waals surface area contributed by atoms with Gasteiger partial charge in [-0.05, 0) is 30.2 Å². The van der Waals surface area contributed by atoms with E-state index in [1.807, 2.05) is 36.4 Å². The van der Waals surface area contributed by atoms with E-state index in [1.54, 1.807) is 13.2 Å². The van der Waals surface area contributed by atoms with Gasteiger partial charge in [-0.3, -0.25) is 0 Å². The van der Waals surface area contributed by atoms with Crippen LogP contribution in [0, 0.1) is 0 Å². The average molecular weight is 228 g/mol. The van der Waals surface area contributed by atoms with Crippen LogP contribution in [0.2, 0.25) is 0 Å². The Balaban J connectivity index is 2.27. The normalized spacial score (nSPS) is 11.5. The van der Waals surface area contributed by atoms with E-state index in [1.165, 1.54) is 6.08 Å². The maximum Gasteiger partial charge on any atom is 0.328 e. The summed E-state index contributed by atoms with van der Waals surface area (Å²) in [6.45, 7) is 1.77. The lowest BCUT2D eigenvalue weighted by molar-refractivity contribution is -0.131. The van der Waals surface area contributed by atoms with E-state index >= 15 is 0 Å². The molecule has 1 heterocycles. The van der Waals surface area contributed by atoms with Gasteiger partial charge in [-0.2, -0.15) is 0 Å². The molecule has 1 aromatic carbocycles. The number of rotatable bonds is 3. The number of carbonyl (C=O) groups is 1. The minimum atomic E-state index is -0.933. The third-order valence-electron chi connectivity index (χ3n) is 2.49. The fraction of sp³-hybridized carbons (Fsp3) is 0.0714. The van der Waals surface area contributed by atoms with Gasteiger partial charge in [0.1, 0.15) is 5.76 Å². The predicted octanol–water partition coefficient (Wildman–Crippen LogP) is 3.43. The molecule has 86 valence electrons. The summed E-state index contributed by atoms with van der Waals surface area (Å²) in [6, 6.07) is 11.3. The largest absolute Gasteiger partial charge is 0.478 e. The molecule has 0 amide bonds. The van der Waals surface area contributed by atoms with Crippen molar-refractivity contribution in [3.63, 3.8) is 0 Å². The van der Waals surface area contributed by atoms with E-state index in [-0.39, 0.29) is 0 Å². The Bertz CT molecular complexity index is 533. The number of carboxylic acid groups (broad SMARTS) is 1. The van der Waals surface area contributed by atoms with E-state index in [9.17, 15) is 4.79 Å². The molecule has 0 bridgehead atoms. The number of furan rings is 1. The van der Waals surface area contributed by atoms with Crippen molar-refractivity contribution >= 4 is 11.5 Å². The van der Waals surface area contributed by atoms with Crippen LogP contribution in [-0.4, -0.2) is 11.1 Å². The first-order valence-electron chi connectivity index (χ1n) is 5.22. The molecule has 0 aliphatic rings. The summed E-state index contributed by atoms with van der Waals surface area (Å²) in [5.74, 6) is -0.131. The molecule has 2 aromatic rings. The number of benzene rings is 1. The van der Waals surface area contributed by atoms with Gasteiger partial charge in [0.05, 0.1) is 6.26 Å². The summed E-state index contributed by atoms with van der Waals surface area (Å²) < 4.78 is 5.28. The van der Waals surface area contributed by atoms with Gasteiger partial charge in [-0.25, -0.2) is 4.79 Å². The Kier molecular flexibility index (Phi) is 3.10. The molecule has 0 aliphatic heterocycles.